The van der Waals surface area contributed by atoms with Crippen molar-refractivity contribution < 1.29 is 4.74 Å². The Morgan fingerprint density at radius 3 is 2.30 bits per heavy atom. The average molecular weight is 159 g/mol. The molecule has 0 amide bonds. The fraction of sp³-hybridized carbons (Fsp3) is 0.250. The first-order chi connectivity index (χ1) is 4.86. The van der Waals surface area contributed by atoms with Crippen molar-refractivity contribution in [3.05, 3.63) is 29.8 Å². The third-order valence-corrected chi connectivity index (χ3v) is 1.62. The highest BCUT2D eigenvalue weighted by atomic mass is 35.5. The quantitative estimate of drug-likeness (QED) is 0.601. The van der Waals surface area contributed by atoms with Crippen LogP contribution in [-0.4, -0.2) is 7.11 Å². The second-order valence-electron chi connectivity index (χ2n) is 1.98. The van der Waals surface area contributed by atoms with Crippen molar-refractivity contribution in [2.75, 3.05) is 7.11 Å². The van der Waals surface area contributed by atoms with Crippen LogP contribution in [0.4, 0.5) is 0 Å². The lowest BCUT2D eigenvalue weighted by Gasteiger charge is -1.98. The van der Waals surface area contributed by atoms with Gasteiger partial charge in [0.2, 0.25) is 0 Å². The Morgan fingerprint density at radius 2 is 1.90 bits per heavy atom. The van der Waals surface area contributed by atoms with Gasteiger partial charge in [-0.05, 0) is 17.7 Å². The molecule has 0 heterocycles. The molecule has 0 fully saturated rings. The zero-order chi connectivity index (χ0) is 7.40. The summed E-state index contributed by atoms with van der Waals surface area (Å²) >= 11 is 5.58. The molecule has 1 aromatic rings. The van der Waals surface area contributed by atoms with E-state index in [9.17, 15) is 0 Å². The summed E-state index contributed by atoms with van der Waals surface area (Å²) in [6, 6.07) is 7.70. The van der Waals surface area contributed by atoms with E-state index in [2.05, 4.69) is 0 Å². The van der Waals surface area contributed by atoms with Crippen molar-refractivity contribution >= 4 is 11.6 Å². The maximum absolute atomic E-state index is 5.58. The van der Waals surface area contributed by atoms with E-state index in [1.165, 1.54) is 0 Å². The smallest absolute Gasteiger partial charge is 0.118 e. The zero-order valence-electron chi connectivity index (χ0n) is 5.80. The van der Waals surface area contributed by atoms with E-state index < -0.39 is 0 Å². The summed E-state index contributed by atoms with van der Waals surface area (Å²) in [4.78, 5) is 0. The minimum Gasteiger partial charge on any atom is -0.497 e. The van der Waals surface area contributed by atoms with Crippen LogP contribution in [0.1, 0.15) is 5.56 Å². The van der Waals surface area contributed by atoms with Crippen LogP contribution in [0.15, 0.2) is 24.3 Å². The summed E-state index contributed by atoms with van der Waals surface area (Å²) in [6.07, 6.45) is 0. The van der Waals surface area contributed by atoms with Gasteiger partial charge in [0.1, 0.15) is 5.75 Å². The number of hydrogen-bond donors (Lipinski definition) is 0. The van der Waals surface area contributed by atoms with Gasteiger partial charge in [0, 0.05) is 5.88 Å². The van der Waals surface area contributed by atoms with Crippen LogP contribution in [0, 0.1) is 0 Å². The first-order valence-electron chi connectivity index (χ1n) is 3.05. The number of ether oxygens (including phenoxy) is 1. The average Bonchev–Trinajstić information content (AvgIpc) is 2.05. The van der Waals surface area contributed by atoms with Gasteiger partial charge in [0.25, 0.3) is 0 Å². The first kappa shape index (κ1) is 7.42. The van der Waals surface area contributed by atoms with E-state index in [-0.39, 0.29) is 0 Å². The molecule has 1 aromatic carbocycles. The molecule has 0 saturated carbocycles. The van der Waals surface area contributed by atoms with Gasteiger partial charge in [0.05, 0.1) is 7.11 Å². The Morgan fingerprint density at radius 1 is 1.30 bits per heavy atom. The maximum Gasteiger partial charge on any atom is 0.118 e. The van der Waals surface area contributed by atoms with Crippen molar-refractivity contribution in [3.8, 4) is 5.75 Å². The molecule has 0 radical (unpaired) electrons. The third kappa shape index (κ3) is 1.64. The summed E-state index contributed by atoms with van der Waals surface area (Å²) < 4.78 is 4.97. The highest BCUT2D eigenvalue weighted by Gasteiger charge is 1.90. The van der Waals surface area contributed by atoms with Gasteiger partial charge in [-0.1, -0.05) is 12.1 Å². The molecule has 0 aliphatic carbocycles. The molecule has 0 unspecified atom stereocenters. The molecule has 0 bridgehead atoms. The first-order valence-corrected chi connectivity index (χ1v) is 3.59. The van der Waals surface area contributed by atoms with Gasteiger partial charge in [0.15, 0.2) is 0 Å². The lowest BCUT2D eigenvalue weighted by atomic mass is 10.3. The number of alkyl halides is 1. The van der Waals surface area contributed by atoms with Crippen LogP contribution in [0.3, 0.4) is 0 Å². The van der Waals surface area contributed by atoms with Crippen molar-refractivity contribution in [1.82, 2.24) is 0 Å². The van der Waals surface area contributed by atoms with Crippen molar-refractivity contribution in [3.63, 3.8) is 0 Å². The molecule has 54 valence electrons. The number of hydrogen-bond acceptors (Lipinski definition) is 1. The van der Waals surface area contributed by atoms with Gasteiger partial charge < -0.3 is 4.74 Å². The standard InChI is InChI=1S/C8H9ClO/c1-10-8-4-2-7(6-9)3-5-8/h2-5H,6H2,1H3/i6+2. The van der Waals surface area contributed by atoms with Crippen LogP contribution in [0.25, 0.3) is 0 Å². The monoisotopic (exact) mass is 158 g/mol. The summed E-state index contributed by atoms with van der Waals surface area (Å²) in [5.41, 5.74) is 1.11. The van der Waals surface area contributed by atoms with Gasteiger partial charge in [-0.2, -0.15) is 0 Å². The molecule has 2 heteroatoms. The SMILES string of the molecule is COc1ccc([14CH2]Cl)cc1. The van der Waals surface area contributed by atoms with Gasteiger partial charge in [-0.3, -0.25) is 0 Å². The molecular formula is C8H9ClO. The number of benzene rings is 1. The number of methoxy groups -OCH3 is 1. The summed E-state index contributed by atoms with van der Waals surface area (Å²) in [7, 11) is 1.65. The molecule has 0 aliphatic rings. The Balaban J connectivity index is 2.80. The minimum atomic E-state index is 0.560. The van der Waals surface area contributed by atoms with Gasteiger partial charge in [-0.15, -0.1) is 11.6 Å². The van der Waals surface area contributed by atoms with Crippen LogP contribution in [0.5, 0.6) is 5.75 Å². The van der Waals surface area contributed by atoms with E-state index in [4.69, 9.17) is 16.3 Å². The number of rotatable bonds is 2. The van der Waals surface area contributed by atoms with Crippen molar-refractivity contribution in [2.24, 2.45) is 0 Å². The third-order valence-electron chi connectivity index (χ3n) is 1.31. The normalized spacial score (nSPS) is 9.40. The second kappa shape index (κ2) is 3.47. The van der Waals surface area contributed by atoms with Crippen molar-refractivity contribution in [2.45, 2.75) is 5.88 Å². The second-order valence-corrected chi connectivity index (χ2v) is 2.25. The largest absolute Gasteiger partial charge is 0.497 e. The maximum atomic E-state index is 5.58. The topological polar surface area (TPSA) is 9.23 Å². The van der Waals surface area contributed by atoms with Crippen LogP contribution >= 0.6 is 11.6 Å². The Hall–Kier alpha value is -0.690. The molecule has 1 rings (SSSR count). The molecule has 0 spiro atoms. The van der Waals surface area contributed by atoms with E-state index in [1.54, 1.807) is 7.11 Å². The summed E-state index contributed by atoms with van der Waals surface area (Å²) in [5.74, 6) is 1.43. The molecular weight excluding hydrogens is 150 g/mol. The molecule has 0 aliphatic heterocycles. The molecule has 0 N–H and O–H groups in total. The van der Waals surface area contributed by atoms with Gasteiger partial charge in [-0.25, -0.2) is 0 Å². The predicted octanol–water partition coefficient (Wildman–Crippen LogP) is 2.43. The minimum absolute atomic E-state index is 0.560. The molecule has 1 nitrogen and oxygen atoms in total. The Kier molecular flexibility index (Phi) is 2.57. The highest BCUT2D eigenvalue weighted by molar-refractivity contribution is 6.17. The van der Waals surface area contributed by atoms with Crippen LogP contribution < -0.4 is 4.74 Å². The summed E-state index contributed by atoms with van der Waals surface area (Å²) in [5, 5.41) is 0. The molecule has 0 atom stereocenters. The van der Waals surface area contributed by atoms with E-state index >= 15 is 0 Å². The van der Waals surface area contributed by atoms with Crippen LogP contribution in [-0.2, 0) is 5.88 Å². The lowest BCUT2D eigenvalue weighted by molar-refractivity contribution is 0.414. The van der Waals surface area contributed by atoms with Crippen LogP contribution in [0.2, 0.25) is 0 Å². The molecule has 0 saturated heterocycles. The molecule has 0 aromatic heterocycles. The lowest BCUT2D eigenvalue weighted by Crippen LogP contribution is -1.82. The highest BCUT2D eigenvalue weighted by Crippen LogP contribution is 2.12. The summed E-state index contributed by atoms with van der Waals surface area (Å²) in [6.45, 7) is 0. The Labute approximate surface area is 65.6 Å². The van der Waals surface area contributed by atoms with Gasteiger partial charge >= 0.3 is 0 Å². The van der Waals surface area contributed by atoms with E-state index in [1.807, 2.05) is 24.3 Å². The Bertz CT molecular complexity index is 170. The predicted molar refractivity (Wildman–Crippen MR) is 42.6 cm³/mol. The molecule has 10 heavy (non-hydrogen) atoms. The van der Waals surface area contributed by atoms with Crippen molar-refractivity contribution in [1.29, 1.82) is 0 Å². The fourth-order valence-electron chi connectivity index (χ4n) is 0.715. The number of halogens is 1. The zero-order valence-corrected chi connectivity index (χ0v) is 6.56. The fourth-order valence-corrected chi connectivity index (χ4v) is 0.893. The van der Waals surface area contributed by atoms with E-state index in [0.29, 0.717) is 5.88 Å². The van der Waals surface area contributed by atoms with E-state index in [0.717, 1.165) is 11.3 Å².